The van der Waals surface area contributed by atoms with Gasteiger partial charge in [0.25, 0.3) is 5.91 Å². The number of hydrogen-bond acceptors (Lipinski definition) is 5. The molecular weight excluding hydrogens is 348 g/mol. The van der Waals surface area contributed by atoms with Gasteiger partial charge in [0.05, 0.1) is 16.3 Å². The average molecular weight is 368 g/mol. The molecule has 1 N–H and O–H groups in total. The lowest BCUT2D eigenvalue weighted by Gasteiger charge is -2.11. The van der Waals surface area contributed by atoms with E-state index in [0.29, 0.717) is 17.3 Å². The summed E-state index contributed by atoms with van der Waals surface area (Å²) in [5.74, 6) is 0.568. The summed E-state index contributed by atoms with van der Waals surface area (Å²) in [6.07, 6.45) is 2.32. The molecule has 2 aromatic carbocycles. The van der Waals surface area contributed by atoms with Crippen LogP contribution >= 0.6 is 11.3 Å². The Hall–Kier alpha value is -2.44. The zero-order valence-electron chi connectivity index (χ0n) is 14.5. The number of amides is 1. The van der Waals surface area contributed by atoms with Crippen molar-refractivity contribution in [1.29, 1.82) is 0 Å². The third-order valence-electron chi connectivity index (χ3n) is 4.34. The fraction of sp³-hybridized carbons (Fsp3) is 0.300. The standard InChI is InChI=1S/C20H20N2O3S/c1-13-4-9-17-18(11-13)26-20(21-17)22-19(23)14-5-7-15(8-6-14)25-12-16-3-2-10-24-16/h4-9,11,16H,2-3,10,12H2,1H3,(H,21,22,23)/t16-/m1/s1. The minimum absolute atomic E-state index is 0.175. The van der Waals surface area contributed by atoms with Crippen molar-refractivity contribution in [2.24, 2.45) is 0 Å². The maximum Gasteiger partial charge on any atom is 0.257 e. The third-order valence-corrected chi connectivity index (χ3v) is 5.27. The molecule has 0 spiro atoms. The summed E-state index contributed by atoms with van der Waals surface area (Å²) in [7, 11) is 0. The van der Waals surface area contributed by atoms with Gasteiger partial charge in [-0.3, -0.25) is 10.1 Å². The topological polar surface area (TPSA) is 60.5 Å². The second kappa shape index (κ2) is 7.43. The normalized spacial score (nSPS) is 16.7. The molecule has 0 unspecified atom stereocenters. The fourth-order valence-corrected chi connectivity index (χ4v) is 3.88. The minimum Gasteiger partial charge on any atom is -0.491 e. The van der Waals surface area contributed by atoms with Crippen LogP contribution in [0.3, 0.4) is 0 Å². The van der Waals surface area contributed by atoms with Crippen molar-refractivity contribution in [2.75, 3.05) is 18.5 Å². The van der Waals surface area contributed by atoms with Crippen LogP contribution in [0.2, 0.25) is 0 Å². The molecule has 1 fully saturated rings. The zero-order chi connectivity index (χ0) is 17.9. The van der Waals surface area contributed by atoms with Crippen LogP contribution < -0.4 is 10.1 Å². The smallest absolute Gasteiger partial charge is 0.257 e. The Morgan fingerprint density at radius 1 is 1.31 bits per heavy atom. The van der Waals surface area contributed by atoms with E-state index in [1.54, 1.807) is 12.1 Å². The van der Waals surface area contributed by atoms with Crippen molar-refractivity contribution >= 4 is 32.6 Å². The number of ether oxygens (including phenoxy) is 2. The summed E-state index contributed by atoms with van der Waals surface area (Å²) in [5, 5.41) is 3.48. The van der Waals surface area contributed by atoms with E-state index < -0.39 is 0 Å². The van der Waals surface area contributed by atoms with Gasteiger partial charge < -0.3 is 9.47 Å². The first-order chi connectivity index (χ1) is 12.7. The summed E-state index contributed by atoms with van der Waals surface area (Å²) in [4.78, 5) is 16.9. The van der Waals surface area contributed by atoms with E-state index in [9.17, 15) is 4.79 Å². The van der Waals surface area contributed by atoms with Gasteiger partial charge in [-0.05, 0) is 61.7 Å². The van der Waals surface area contributed by atoms with Gasteiger partial charge in [0.1, 0.15) is 12.4 Å². The summed E-state index contributed by atoms with van der Waals surface area (Å²) < 4.78 is 12.3. The Balaban J connectivity index is 1.38. The van der Waals surface area contributed by atoms with Crippen molar-refractivity contribution in [3.63, 3.8) is 0 Å². The third kappa shape index (κ3) is 3.86. The lowest BCUT2D eigenvalue weighted by molar-refractivity contribution is 0.0679. The van der Waals surface area contributed by atoms with E-state index in [-0.39, 0.29) is 12.0 Å². The molecule has 1 aromatic heterocycles. The first kappa shape index (κ1) is 17.0. The van der Waals surface area contributed by atoms with Crippen molar-refractivity contribution in [3.05, 3.63) is 53.6 Å². The Bertz CT molecular complexity index is 914. The van der Waals surface area contributed by atoms with E-state index in [4.69, 9.17) is 9.47 Å². The number of rotatable bonds is 5. The summed E-state index contributed by atoms with van der Waals surface area (Å²) >= 11 is 1.48. The molecule has 134 valence electrons. The maximum atomic E-state index is 12.4. The Morgan fingerprint density at radius 3 is 2.92 bits per heavy atom. The molecule has 1 aliphatic rings. The number of benzene rings is 2. The number of aryl methyl sites for hydroxylation is 1. The number of thiazole rings is 1. The van der Waals surface area contributed by atoms with Crippen LogP contribution in [0.25, 0.3) is 10.2 Å². The molecule has 1 amide bonds. The Morgan fingerprint density at radius 2 is 2.15 bits per heavy atom. The van der Waals surface area contributed by atoms with Crippen molar-refractivity contribution in [3.8, 4) is 5.75 Å². The number of carbonyl (C=O) groups excluding carboxylic acids is 1. The average Bonchev–Trinajstić information content (AvgIpc) is 3.29. The number of nitrogens with zero attached hydrogens (tertiary/aromatic N) is 1. The predicted molar refractivity (Wildman–Crippen MR) is 103 cm³/mol. The Labute approximate surface area is 156 Å². The van der Waals surface area contributed by atoms with E-state index in [1.165, 1.54) is 16.9 Å². The van der Waals surface area contributed by atoms with Crippen LogP contribution in [0.15, 0.2) is 42.5 Å². The second-order valence-corrected chi connectivity index (χ2v) is 7.45. The quantitative estimate of drug-likeness (QED) is 0.724. The predicted octanol–water partition coefficient (Wildman–Crippen LogP) is 4.41. The highest BCUT2D eigenvalue weighted by Crippen LogP contribution is 2.27. The second-order valence-electron chi connectivity index (χ2n) is 6.41. The molecule has 5 nitrogen and oxygen atoms in total. The minimum atomic E-state index is -0.175. The van der Waals surface area contributed by atoms with Gasteiger partial charge in [-0.25, -0.2) is 4.98 Å². The van der Waals surface area contributed by atoms with Gasteiger partial charge in [0.15, 0.2) is 5.13 Å². The molecular formula is C20H20N2O3S. The molecule has 0 saturated carbocycles. The molecule has 3 aromatic rings. The highest BCUT2D eigenvalue weighted by atomic mass is 32.1. The van der Waals surface area contributed by atoms with Crippen molar-refractivity contribution in [2.45, 2.75) is 25.9 Å². The largest absolute Gasteiger partial charge is 0.491 e. The van der Waals surface area contributed by atoms with Crippen molar-refractivity contribution < 1.29 is 14.3 Å². The van der Waals surface area contributed by atoms with Gasteiger partial charge in [-0.1, -0.05) is 17.4 Å². The van der Waals surface area contributed by atoms with Gasteiger partial charge in [0.2, 0.25) is 0 Å². The lowest BCUT2D eigenvalue weighted by atomic mass is 10.2. The molecule has 4 rings (SSSR count). The van der Waals surface area contributed by atoms with Crippen LogP contribution in [0.5, 0.6) is 5.75 Å². The number of fused-ring (bicyclic) bond motifs is 1. The van der Waals surface area contributed by atoms with Crippen LogP contribution in [-0.2, 0) is 4.74 Å². The van der Waals surface area contributed by atoms with Crippen molar-refractivity contribution in [1.82, 2.24) is 4.98 Å². The number of carbonyl (C=O) groups is 1. The molecule has 0 bridgehead atoms. The number of nitrogens with one attached hydrogen (secondary N) is 1. The first-order valence-electron chi connectivity index (χ1n) is 8.70. The molecule has 0 radical (unpaired) electrons. The highest BCUT2D eigenvalue weighted by Gasteiger charge is 2.16. The number of aromatic nitrogens is 1. The number of anilines is 1. The summed E-state index contributed by atoms with van der Waals surface area (Å²) in [5.41, 5.74) is 2.65. The van der Waals surface area contributed by atoms with Crippen LogP contribution in [0.4, 0.5) is 5.13 Å². The summed E-state index contributed by atoms with van der Waals surface area (Å²) in [6, 6.07) is 13.2. The SMILES string of the molecule is Cc1ccc2nc(NC(=O)c3ccc(OC[C@H]4CCCO4)cc3)sc2c1. The highest BCUT2D eigenvalue weighted by molar-refractivity contribution is 7.22. The van der Waals surface area contributed by atoms with Gasteiger partial charge in [0, 0.05) is 12.2 Å². The molecule has 1 saturated heterocycles. The van der Waals surface area contributed by atoms with Gasteiger partial charge >= 0.3 is 0 Å². The van der Waals surface area contributed by atoms with E-state index >= 15 is 0 Å². The maximum absolute atomic E-state index is 12.4. The van der Waals surface area contributed by atoms with Crippen LogP contribution in [0, 0.1) is 6.92 Å². The molecule has 0 aliphatic carbocycles. The zero-order valence-corrected chi connectivity index (χ0v) is 15.3. The molecule has 6 heteroatoms. The van der Waals surface area contributed by atoms with Gasteiger partial charge in [-0.15, -0.1) is 0 Å². The number of hydrogen-bond donors (Lipinski definition) is 1. The van der Waals surface area contributed by atoms with Crippen LogP contribution in [0.1, 0.15) is 28.8 Å². The van der Waals surface area contributed by atoms with E-state index in [2.05, 4.69) is 16.4 Å². The van der Waals surface area contributed by atoms with E-state index in [0.717, 1.165) is 35.4 Å². The van der Waals surface area contributed by atoms with Crippen LogP contribution in [-0.4, -0.2) is 30.2 Å². The van der Waals surface area contributed by atoms with E-state index in [1.807, 2.05) is 31.2 Å². The molecule has 1 atom stereocenters. The first-order valence-corrected chi connectivity index (χ1v) is 9.52. The van der Waals surface area contributed by atoms with Gasteiger partial charge in [-0.2, -0.15) is 0 Å². The monoisotopic (exact) mass is 368 g/mol. The molecule has 26 heavy (non-hydrogen) atoms. The fourth-order valence-electron chi connectivity index (χ4n) is 2.92. The lowest BCUT2D eigenvalue weighted by Crippen LogP contribution is -2.16. The molecule has 2 heterocycles. The Kier molecular flexibility index (Phi) is 4.86. The molecule has 1 aliphatic heterocycles. The summed E-state index contributed by atoms with van der Waals surface area (Å²) in [6.45, 7) is 3.41.